The molecule has 0 atom stereocenters. The van der Waals surface area contributed by atoms with Crippen molar-refractivity contribution in [3.63, 3.8) is 0 Å². The van der Waals surface area contributed by atoms with Crippen LogP contribution < -0.4 is 15.4 Å². The van der Waals surface area contributed by atoms with Gasteiger partial charge >= 0.3 is 0 Å². The van der Waals surface area contributed by atoms with Crippen LogP contribution in [0.2, 0.25) is 5.02 Å². The van der Waals surface area contributed by atoms with Gasteiger partial charge in [-0.15, -0.1) is 0 Å². The van der Waals surface area contributed by atoms with Crippen LogP contribution in [0.15, 0.2) is 23.2 Å². The molecular weight excluding hydrogens is 360 g/mol. The van der Waals surface area contributed by atoms with Crippen LogP contribution >= 0.6 is 11.6 Å². The third kappa shape index (κ3) is 7.59. The quantitative estimate of drug-likeness (QED) is 0.522. The van der Waals surface area contributed by atoms with E-state index in [9.17, 15) is 0 Å². The number of piperidine rings is 1. The van der Waals surface area contributed by atoms with Crippen molar-refractivity contribution in [2.75, 3.05) is 39.8 Å². The number of halogens is 1. The van der Waals surface area contributed by atoms with E-state index < -0.39 is 0 Å². The fourth-order valence-corrected chi connectivity index (χ4v) is 3.70. The molecule has 0 saturated carbocycles. The van der Waals surface area contributed by atoms with Gasteiger partial charge in [0.05, 0.1) is 7.11 Å². The summed E-state index contributed by atoms with van der Waals surface area (Å²) in [5.74, 6) is 2.42. The van der Waals surface area contributed by atoms with Crippen molar-refractivity contribution in [1.82, 2.24) is 15.5 Å². The highest BCUT2D eigenvalue weighted by Gasteiger charge is 2.20. The lowest BCUT2D eigenvalue weighted by molar-refractivity contribution is 0.187. The number of benzene rings is 1. The molecule has 2 rings (SSSR count). The molecule has 1 heterocycles. The second kappa shape index (κ2) is 11.4. The zero-order chi connectivity index (χ0) is 19.6. The minimum absolute atomic E-state index is 0.496. The van der Waals surface area contributed by atoms with Crippen molar-refractivity contribution >= 4 is 17.6 Å². The lowest BCUT2D eigenvalue weighted by atomic mass is 10.0. The van der Waals surface area contributed by atoms with Gasteiger partial charge in [-0.1, -0.05) is 31.5 Å². The Balaban J connectivity index is 1.84. The van der Waals surface area contributed by atoms with Gasteiger partial charge in [-0.05, 0) is 49.8 Å². The first-order valence-electron chi connectivity index (χ1n) is 10.1. The maximum absolute atomic E-state index is 6.33. The normalized spacial score (nSPS) is 16.6. The Bertz CT molecular complexity index is 598. The molecule has 5 nitrogen and oxygen atoms in total. The van der Waals surface area contributed by atoms with Crippen molar-refractivity contribution in [2.45, 2.75) is 46.1 Å². The van der Waals surface area contributed by atoms with E-state index in [1.807, 2.05) is 18.2 Å². The zero-order valence-corrected chi connectivity index (χ0v) is 18.0. The first kappa shape index (κ1) is 21.8. The summed E-state index contributed by atoms with van der Waals surface area (Å²) in [6, 6.07) is 6.31. The third-order valence-electron chi connectivity index (χ3n) is 4.81. The molecule has 0 amide bonds. The number of rotatable bonds is 8. The second-order valence-corrected chi connectivity index (χ2v) is 7.99. The van der Waals surface area contributed by atoms with Gasteiger partial charge in [-0.2, -0.15) is 0 Å². The molecule has 1 fully saturated rings. The van der Waals surface area contributed by atoms with Crippen molar-refractivity contribution in [3.8, 4) is 5.75 Å². The van der Waals surface area contributed by atoms with Crippen molar-refractivity contribution in [3.05, 3.63) is 28.8 Å². The molecule has 0 aliphatic carbocycles. The lowest BCUT2D eigenvalue weighted by Gasteiger charge is -2.34. The van der Waals surface area contributed by atoms with E-state index in [1.165, 1.54) is 19.4 Å². The molecule has 0 radical (unpaired) electrons. The van der Waals surface area contributed by atoms with Crippen LogP contribution in [0.25, 0.3) is 0 Å². The molecule has 0 unspecified atom stereocenters. The summed E-state index contributed by atoms with van der Waals surface area (Å²) in [5.41, 5.74) is 1.10. The average molecular weight is 395 g/mol. The van der Waals surface area contributed by atoms with E-state index in [0.29, 0.717) is 12.6 Å². The summed E-state index contributed by atoms with van der Waals surface area (Å²) in [7, 11) is 1.65. The highest BCUT2D eigenvalue weighted by molar-refractivity contribution is 6.31. The van der Waals surface area contributed by atoms with Gasteiger partial charge in [-0.25, -0.2) is 0 Å². The van der Waals surface area contributed by atoms with E-state index >= 15 is 0 Å². The Morgan fingerprint density at radius 3 is 2.67 bits per heavy atom. The zero-order valence-electron chi connectivity index (χ0n) is 17.2. The fourth-order valence-electron chi connectivity index (χ4n) is 3.44. The number of hydrogen-bond acceptors (Lipinski definition) is 3. The van der Waals surface area contributed by atoms with Crippen LogP contribution in [-0.2, 0) is 6.42 Å². The van der Waals surface area contributed by atoms with Crippen LogP contribution in [0.3, 0.4) is 0 Å². The predicted molar refractivity (Wildman–Crippen MR) is 115 cm³/mol. The Hall–Kier alpha value is -1.46. The molecule has 1 aliphatic rings. The number of nitrogens with zero attached hydrogens (tertiary/aromatic N) is 2. The number of nitrogens with one attached hydrogen (secondary N) is 2. The molecule has 0 bridgehead atoms. The Morgan fingerprint density at radius 1 is 1.33 bits per heavy atom. The summed E-state index contributed by atoms with van der Waals surface area (Å²) in [6.45, 7) is 11.8. The topological polar surface area (TPSA) is 48.9 Å². The van der Waals surface area contributed by atoms with E-state index in [-0.39, 0.29) is 0 Å². The molecule has 6 heteroatoms. The third-order valence-corrected chi connectivity index (χ3v) is 5.16. The van der Waals surface area contributed by atoms with Crippen LogP contribution in [0.1, 0.15) is 39.2 Å². The SMILES string of the molecule is CCNC(=NCCc1ccc(OC)cc1Cl)NC1CCN(CC(C)C)CC1. The van der Waals surface area contributed by atoms with Gasteiger partial charge in [0.25, 0.3) is 0 Å². The Kier molecular flexibility index (Phi) is 9.22. The summed E-state index contributed by atoms with van der Waals surface area (Å²) in [6.07, 6.45) is 3.15. The first-order chi connectivity index (χ1) is 13.0. The molecule has 1 aliphatic heterocycles. The molecule has 152 valence electrons. The summed E-state index contributed by atoms with van der Waals surface area (Å²) >= 11 is 6.33. The molecule has 2 N–H and O–H groups in total. The van der Waals surface area contributed by atoms with Gasteiger partial charge in [0, 0.05) is 43.8 Å². The van der Waals surface area contributed by atoms with Crippen LogP contribution in [-0.4, -0.2) is 56.7 Å². The number of hydrogen-bond donors (Lipinski definition) is 2. The summed E-state index contributed by atoms with van der Waals surface area (Å²) < 4.78 is 5.20. The molecular formula is C21H35ClN4O. The Morgan fingerprint density at radius 2 is 2.07 bits per heavy atom. The van der Waals surface area contributed by atoms with Gasteiger partial charge in [0.15, 0.2) is 5.96 Å². The van der Waals surface area contributed by atoms with E-state index in [1.54, 1.807) is 7.11 Å². The van der Waals surface area contributed by atoms with E-state index in [0.717, 1.165) is 54.3 Å². The number of guanidine groups is 1. The van der Waals surface area contributed by atoms with Crippen LogP contribution in [0.4, 0.5) is 0 Å². The Labute approximate surface area is 169 Å². The van der Waals surface area contributed by atoms with Gasteiger partial charge in [0.2, 0.25) is 0 Å². The number of ether oxygens (including phenoxy) is 1. The highest BCUT2D eigenvalue weighted by Crippen LogP contribution is 2.22. The number of aliphatic imine (C=N–C) groups is 1. The first-order valence-corrected chi connectivity index (χ1v) is 10.5. The summed E-state index contributed by atoms with van der Waals surface area (Å²) in [5, 5.41) is 7.71. The number of likely N-dealkylation sites (tertiary alicyclic amines) is 1. The summed E-state index contributed by atoms with van der Waals surface area (Å²) in [4.78, 5) is 7.31. The maximum atomic E-state index is 6.33. The molecule has 1 saturated heterocycles. The second-order valence-electron chi connectivity index (χ2n) is 7.58. The largest absolute Gasteiger partial charge is 0.497 e. The smallest absolute Gasteiger partial charge is 0.191 e. The predicted octanol–water partition coefficient (Wildman–Crippen LogP) is 3.57. The minimum Gasteiger partial charge on any atom is -0.497 e. The molecule has 0 spiro atoms. The minimum atomic E-state index is 0.496. The molecule has 1 aromatic rings. The van der Waals surface area contributed by atoms with Crippen LogP contribution in [0.5, 0.6) is 5.75 Å². The van der Waals surface area contributed by atoms with Crippen molar-refractivity contribution in [2.24, 2.45) is 10.9 Å². The van der Waals surface area contributed by atoms with Gasteiger partial charge in [0.1, 0.15) is 5.75 Å². The van der Waals surface area contributed by atoms with Crippen LogP contribution in [0, 0.1) is 5.92 Å². The standard InChI is InChI=1S/C21H35ClN4O/c1-5-23-21(25-18-9-12-26(13-10-18)15-16(2)3)24-11-8-17-6-7-19(27-4)14-20(17)22/h6-7,14,16,18H,5,8-13,15H2,1-4H3,(H2,23,24,25). The highest BCUT2D eigenvalue weighted by atomic mass is 35.5. The fraction of sp³-hybridized carbons (Fsp3) is 0.667. The molecule has 27 heavy (non-hydrogen) atoms. The van der Waals surface area contributed by atoms with E-state index in [4.69, 9.17) is 21.3 Å². The van der Waals surface area contributed by atoms with Gasteiger partial charge in [-0.3, -0.25) is 4.99 Å². The number of methoxy groups -OCH3 is 1. The van der Waals surface area contributed by atoms with Crippen molar-refractivity contribution in [1.29, 1.82) is 0 Å². The maximum Gasteiger partial charge on any atom is 0.191 e. The molecule has 1 aromatic carbocycles. The van der Waals surface area contributed by atoms with Crippen molar-refractivity contribution < 1.29 is 4.74 Å². The van der Waals surface area contributed by atoms with E-state index in [2.05, 4.69) is 36.3 Å². The monoisotopic (exact) mass is 394 g/mol. The van der Waals surface area contributed by atoms with Gasteiger partial charge < -0.3 is 20.3 Å². The lowest BCUT2D eigenvalue weighted by Crippen LogP contribution is -2.49. The molecule has 0 aromatic heterocycles. The average Bonchev–Trinajstić information content (AvgIpc) is 2.64.